The molecule has 0 aliphatic carbocycles. The number of carbonyl (C=O) groups excluding carboxylic acids is 1. The van der Waals surface area contributed by atoms with Crippen molar-refractivity contribution in [2.45, 2.75) is 18.9 Å². The zero-order chi connectivity index (χ0) is 28.2. The number of nitrogens with one attached hydrogen (secondary N) is 2. The van der Waals surface area contributed by atoms with E-state index in [0.717, 1.165) is 31.7 Å². The van der Waals surface area contributed by atoms with Crippen LogP contribution in [0.3, 0.4) is 0 Å². The van der Waals surface area contributed by atoms with E-state index in [4.69, 9.17) is 9.15 Å². The Morgan fingerprint density at radius 2 is 1.90 bits per heavy atom. The standard InChI is InChI=1S/C30H28N6O5/c37-18-19-10-14-36(15-11-19)23-9-8-21(17-33-23)41-30(39)35-25(20-5-2-1-3-6-20)24-26(29-32-13-16-40-29)34-28-22(27(24)38)7-4-12-31-28/h1-9,12-13,16-17,19,25,37H,10-11,14-15,18H2,(H,35,39)(H,31,34,38). The van der Waals surface area contributed by atoms with Crippen LogP contribution in [-0.4, -0.2) is 50.8 Å². The average molecular weight is 553 g/mol. The van der Waals surface area contributed by atoms with Gasteiger partial charge < -0.3 is 29.5 Å². The van der Waals surface area contributed by atoms with Crippen molar-refractivity contribution in [3.05, 3.63) is 101 Å². The molecule has 1 aromatic carbocycles. The summed E-state index contributed by atoms with van der Waals surface area (Å²) in [6.07, 6.45) is 7.00. The lowest BCUT2D eigenvalue weighted by Crippen LogP contribution is -2.35. The Morgan fingerprint density at radius 3 is 2.61 bits per heavy atom. The van der Waals surface area contributed by atoms with Crippen molar-refractivity contribution in [3.8, 4) is 17.3 Å². The maximum atomic E-state index is 13.9. The zero-order valence-electron chi connectivity index (χ0n) is 22.1. The molecule has 1 amide bonds. The minimum Gasteiger partial charge on any atom is -0.443 e. The first-order valence-electron chi connectivity index (χ1n) is 13.4. The van der Waals surface area contributed by atoms with E-state index in [1.165, 1.54) is 18.7 Å². The third kappa shape index (κ3) is 5.52. The number of ether oxygens (including phenoxy) is 1. The number of piperidine rings is 1. The monoisotopic (exact) mass is 552 g/mol. The quantitative estimate of drug-likeness (QED) is 0.272. The number of hydrogen-bond donors (Lipinski definition) is 3. The van der Waals surface area contributed by atoms with Gasteiger partial charge in [0.1, 0.15) is 23.4 Å². The molecule has 0 bridgehead atoms. The fourth-order valence-corrected chi connectivity index (χ4v) is 5.11. The molecule has 11 nitrogen and oxygen atoms in total. The maximum absolute atomic E-state index is 13.9. The lowest BCUT2D eigenvalue weighted by atomic mass is 9.95. The third-order valence-corrected chi connectivity index (χ3v) is 7.27. The van der Waals surface area contributed by atoms with Crippen LogP contribution in [0.15, 0.2) is 88.7 Å². The van der Waals surface area contributed by atoms with Crippen molar-refractivity contribution in [2.24, 2.45) is 5.92 Å². The van der Waals surface area contributed by atoms with E-state index in [1.54, 1.807) is 30.5 Å². The highest BCUT2D eigenvalue weighted by Gasteiger charge is 2.28. The Hall–Kier alpha value is -5.03. The van der Waals surface area contributed by atoms with Crippen LogP contribution in [0.4, 0.5) is 10.6 Å². The molecule has 11 heteroatoms. The van der Waals surface area contributed by atoms with Crippen molar-refractivity contribution >= 4 is 22.9 Å². The largest absolute Gasteiger partial charge is 0.443 e. The number of fused-ring (bicyclic) bond motifs is 1. The lowest BCUT2D eigenvalue weighted by Gasteiger charge is -2.31. The second-order valence-corrected chi connectivity index (χ2v) is 9.82. The number of aromatic amines is 1. The second-order valence-electron chi connectivity index (χ2n) is 9.82. The molecular formula is C30H28N6O5. The van der Waals surface area contributed by atoms with Gasteiger partial charge >= 0.3 is 6.09 Å². The van der Waals surface area contributed by atoms with Gasteiger partial charge in [0, 0.05) is 25.9 Å². The van der Waals surface area contributed by atoms with E-state index < -0.39 is 12.1 Å². The number of aliphatic hydroxyl groups is 1. The number of nitrogens with zero attached hydrogens (tertiary/aromatic N) is 4. The van der Waals surface area contributed by atoms with Crippen LogP contribution in [-0.2, 0) is 0 Å². The molecule has 1 fully saturated rings. The van der Waals surface area contributed by atoms with Crippen molar-refractivity contribution in [1.29, 1.82) is 0 Å². The highest BCUT2D eigenvalue weighted by Crippen LogP contribution is 2.30. The fourth-order valence-electron chi connectivity index (χ4n) is 5.11. The first-order chi connectivity index (χ1) is 20.1. The van der Waals surface area contributed by atoms with E-state index in [-0.39, 0.29) is 29.2 Å². The first kappa shape index (κ1) is 26.2. The van der Waals surface area contributed by atoms with Gasteiger partial charge in [0.15, 0.2) is 11.2 Å². The molecule has 6 rings (SSSR count). The van der Waals surface area contributed by atoms with E-state index >= 15 is 0 Å². The molecule has 0 radical (unpaired) electrons. The molecule has 1 aliphatic heterocycles. The minimum absolute atomic E-state index is 0.184. The van der Waals surface area contributed by atoms with E-state index in [2.05, 4.69) is 30.2 Å². The summed E-state index contributed by atoms with van der Waals surface area (Å²) < 4.78 is 11.1. The van der Waals surface area contributed by atoms with Gasteiger partial charge in [-0.1, -0.05) is 30.3 Å². The van der Waals surface area contributed by atoms with Crippen molar-refractivity contribution in [3.63, 3.8) is 0 Å². The van der Waals surface area contributed by atoms with Gasteiger partial charge in [-0.25, -0.2) is 19.7 Å². The van der Waals surface area contributed by atoms with Crippen LogP contribution in [0, 0.1) is 5.92 Å². The maximum Gasteiger partial charge on any atom is 0.413 e. The molecule has 4 aromatic heterocycles. The van der Waals surface area contributed by atoms with Crippen molar-refractivity contribution < 1.29 is 19.1 Å². The van der Waals surface area contributed by atoms with Crippen LogP contribution in [0.2, 0.25) is 0 Å². The van der Waals surface area contributed by atoms with Gasteiger partial charge in [0.2, 0.25) is 5.89 Å². The summed E-state index contributed by atoms with van der Waals surface area (Å²) in [5.74, 6) is 1.55. The smallest absolute Gasteiger partial charge is 0.413 e. The number of anilines is 1. The van der Waals surface area contributed by atoms with Crippen LogP contribution in [0.25, 0.3) is 22.6 Å². The molecule has 208 valence electrons. The van der Waals surface area contributed by atoms with E-state index in [9.17, 15) is 14.7 Å². The summed E-state index contributed by atoms with van der Waals surface area (Å²) in [4.78, 5) is 45.4. The molecule has 5 heterocycles. The predicted molar refractivity (Wildman–Crippen MR) is 152 cm³/mol. The number of hydrogen-bond acceptors (Lipinski definition) is 9. The Kier molecular flexibility index (Phi) is 7.42. The number of rotatable bonds is 7. The number of aliphatic hydroxyl groups excluding tert-OH is 1. The summed E-state index contributed by atoms with van der Waals surface area (Å²) in [6.45, 7) is 1.81. The van der Waals surface area contributed by atoms with E-state index in [0.29, 0.717) is 28.2 Å². The van der Waals surface area contributed by atoms with Crippen LogP contribution < -0.4 is 20.4 Å². The van der Waals surface area contributed by atoms with Gasteiger partial charge in [-0.2, -0.15) is 0 Å². The number of oxazole rings is 1. The van der Waals surface area contributed by atoms with Gasteiger partial charge in [-0.05, 0) is 48.6 Å². The summed E-state index contributed by atoms with van der Waals surface area (Å²) in [7, 11) is 0. The fraction of sp³-hybridized carbons (Fsp3) is 0.233. The number of amides is 1. The molecule has 1 unspecified atom stereocenters. The molecule has 1 saturated heterocycles. The number of carbonyl (C=O) groups is 1. The summed E-state index contributed by atoms with van der Waals surface area (Å²) in [5, 5.41) is 12.6. The van der Waals surface area contributed by atoms with Crippen LogP contribution in [0.1, 0.15) is 30.0 Å². The number of H-pyrrole nitrogens is 1. The molecule has 5 aromatic rings. The molecule has 0 saturated carbocycles. The van der Waals surface area contributed by atoms with Gasteiger partial charge in [0.05, 0.1) is 29.4 Å². The molecule has 0 spiro atoms. The molecule has 1 aliphatic rings. The Bertz CT molecular complexity index is 1680. The molecule has 3 N–H and O–H groups in total. The van der Waals surface area contributed by atoms with E-state index in [1.807, 2.05) is 30.3 Å². The lowest BCUT2D eigenvalue weighted by molar-refractivity contribution is 0.197. The molecular weight excluding hydrogens is 524 g/mol. The molecule has 1 atom stereocenters. The Balaban J connectivity index is 1.30. The zero-order valence-corrected chi connectivity index (χ0v) is 22.1. The first-order valence-corrected chi connectivity index (χ1v) is 13.4. The van der Waals surface area contributed by atoms with Crippen LogP contribution in [0.5, 0.6) is 5.75 Å². The van der Waals surface area contributed by atoms with Gasteiger partial charge in [-0.3, -0.25) is 4.79 Å². The van der Waals surface area contributed by atoms with Crippen LogP contribution >= 0.6 is 0 Å². The highest BCUT2D eigenvalue weighted by molar-refractivity contribution is 5.80. The Labute approximate surface area is 234 Å². The van der Waals surface area contributed by atoms with Gasteiger partial charge in [0.25, 0.3) is 0 Å². The summed E-state index contributed by atoms with van der Waals surface area (Å²) in [5.41, 5.74) is 1.23. The predicted octanol–water partition coefficient (Wildman–Crippen LogP) is 4.06. The highest BCUT2D eigenvalue weighted by atomic mass is 16.6. The summed E-state index contributed by atoms with van der Waals surface area (Å²) >= 11 is 0. The van der Waals surface area contributed by atoms with Crippen molar-refractivity contribution in [1.82, 2.24) is 25.3 Å². The number of pyridine rings is 3. The SMILES string of the molecule is O=C(NC(c1ccccc1)c1c(-c2ncco2)[nH]c2ncccc2c1=O)Oc1ccc(N2CCC(CO)CC2)nc1. The average Bonchev–Trinajstić information content (AvgIpc) is 3.56. The minimum atomic E-state index is -0.904. The molecule has 41 heavy (non-hydrogen) atoms. The third-order valence-electron chi connectivity index (χ3n) is 7.27. The normalized spacial score (nSPS) is 14.6. The number of benzene rings is 1. The Morgan fingerprint density at radius 1 is 1.07 bits per heavy atom. The van der Waals surface area contributed by atoms with Gasteiger partial charge in [-0.15, -0.1) is 0 Å². The topological polar surface area (TPSA) is 146 Å². The summed E-state index contributed by atoms with van der Waals surface area (Å²) in [6, 6.07) is 15.1. The second kappa shape index (κ2) is 11.6. The number of aromatic nitrogens is 4. The van der Waals surface area contributed by atoms with Crippen molar-refractivity contribution in [2.75, 3.05) is 24.6 Å².